The first kappa shape index (κ1) is 20.7. The summed E-state index contributed by atoms with van der Waals surface area (Å²) in [5.74, 6) is 1.07. The number of likely N-dealkylation sites (tertiary alicyclic amines) is 1. The Morgan fingerprint density at radius 2 is 1.90 bits per heavy atom. The molecule has 1 aromatic carbocycles. The van der Waals surface area contributed by atoms with E-state index in [0.29, 0.717) is 19.0 Å². The van der Waals surface area contributed by atoms with E-state index in [0.717, 1.165) is 41.2 Å². The molecule has 4 rings (SSSR count). The minimum Gasteiger partial charge on any atom is -0.490 e. The zero-order valence-corrected chi connectivity index (χ0v) is 17.4. The number of ether oxygens (including phenoxy) is 1. The van der Waals surface area contributed by atoms with E-state index < -0.39 is 6.61 Å². The average molecular weight is 419 g/mol. The molecule has 2 aromatic heterocycles. The Hall–Kier alpha value is -3.52. The van der Waals surface area contributed by atoms with Crippen molar-refractivity contribution >= 4 is 17.5 Å². The van der Waals surface area contributed by atoms with Gasteiger partial charge < -0.3 is 20.1 Å². The monoisotopic (exact) mass is 419 g/mol. The molecular weight excluding hydrogens is 394 g/mol. The van der Waals surface area contributed by atoms with Gasteiger partial charge in [-0.2, -0.15) is 0 Å². The van der Waals surface area contributed by atoms with Crippen LogP contribution in [0.3, 0.4) is 0 Å². The molecule has 0 aliphatic carbocycles. The average Bonchev–Trinajstić information content (AvgIpc) is 2.81. The molecule has 8 nitrogen and oxygen atoms in total. The predicted octanol–water partition coefficient (Wildman–Crippen LogP) is 2.95. The van der Waals surface area contributed by atoms with Crippen LogP contribution in [0.25, 0.3) is 11.3 Å². The fourth-order valence-electron chi connectivity index (χ4n) is 3.47. The normalized spacial score (nSPS) is 14.3. The number of aliphatic hydroxyl groups excluding tert-OH is 1. The van der Waals surface area contributed by atoms with E-state index in [1.165, 1.54) is 0 Å². The summed E-state index contributed by atoms with van der Waals surface area (Å²) in [6.07, 6.45) is 5.04. The van der Waals surface area contributed by atoms with Crippen LogP contribution in [0.1, 0.15) is 18.5 Å². The number of carbonyl (C=O) groups excluding carboxylic acids is 1. The van der Waals surface area contributed by atoms with E-state index >= 15 is 0 Å². The quantitative estimate of drug-likeness (QED) is 0.633. The van der Waals surface area contributed by atoms with Crippen LogP contribution in [0, 0.1) is 6.92 Å². The number of nitrogens with zero attached hydrogens (tertiary/aromatic N) is 4. The summed E-state index contributed by atoms with van der Waals surface area (Å²) in [6, 6.07) is 13.5. The summed E-state index contributed by atoms with van der Waals surface area (Å²) in [5.41, 5.74) is 3.55. The fraction of sp³-hybridized carbons (Fsp3) is 0.304. The molecule has 31 heavy (non-hydrogen) atoms. The van der Waals surface area contributed by atoms with Crippen LogP contribution < -0.4 is 10.1 Å². The molecule has 0 atom stereocenters. The lowest BCUT2D eigenvalue weighted by atomic mass is 10.1. The zero-order valence-electron chi connectivity index (χ0n) is 17.4. The molecule has 1 aliphatic rings. The number of anilines is 2. The smallest absolute Gasteiger partial charge is 0.248 e. The molecule has 0 bridgehead atoms. The maximum Gasteiger partial charge on any atom is 0.248 e. The molecule has 1 saturated heterocycles. The van der Waals surface area contributed by atoms with Crippen LogP contribution in [-0.4, -0.2) is 56.7 Å². The number of carbonyl (C=O) groups is 1. The Balaban J connectivity index is 1.37. The molecule has 1 aliphatic heterocycles. The van der Waals surface area contributed by atoms with Gasteiger partial charge in [0.05, 0.1) is 17.6 Å². The molecule has 8 heteroatoms. The third-order valence-electron chi connectivity index (χ3n) is 5.21. The van der Waals surface area contributed by atoms with Gasteiger partial charge in [-0.05, 0) is 49.4 Å². The van der Waals surface area contributed by atoms with Crippen molar-refractivity contribution in [2.75, 3.05) is 25.0 Å². The number of aromatic nitrogens is 3. The maximum atomic E-state index is 11.6. The van der Waals surface area contributed by atoms with Crippen molar-refractivity contribution in [2.45, 2.75) is 25.9 Å². The Morgan fingerprint density at radius 3 is 2.58 bits per heavy atom. The summed E-state index contributed by atoms with van der Waals surface area (Å²) in [4.78, 5) is 26.4. The van der Waals surface area contributed by atoms with Crippen LogP contribution in [0.4, 0.5) is 11.6 Å². The Morgan fingerprint density at radius 1 is 1.13 bits per heavy atom. The molecule has 0 saturated carbocycles. The van der Waals surface area contributed by atoms with Gasteiger partial charge in [0.1, 0.15) is 18.5 Å². The van der Waals surface area contributed by atoms with Gasteiger partial charge in [-0.25, -0.2) is 9.97 Å². The van der Waals surface area contributed by atoms with E-state index in [2.05, 4.69) is 20.3 Å². The number of rotatable bonds is 6. The lowest BCUT2D eigenvalue weighted by Crippen LogP contribution is -2.42. The lowest BCUT2D eigenvalue weighted by molar-refractivity contribution is -0.135. The van der Waals surface area contributed by atoms with Gasteiger partial charge in [0.15, 0.2) is 0 Å². The predicted molar refractivity (Wildman–Crippen MR) is 117 cm³/mol. The molecule has 0 radical (unpaired) electrons. The molecule has 1 fully saturated rings. The first-order valence-corrected chi connectivity index (χ1v) is 10.3. The van der Waals surface area contributed by atoms with Crippen LogP contribution >= 0.6 is 0 Å². The third kappa shape index (κ3) is 5.35. The van der Waals surface area contributed by atoms with Crippen molar-refractivity contribution < 1.29 is 14.6 Å². The minimum absolute atomic E-state index is 0.0616. The summed E-state index contributed by atoms with van der Waals surface area (Å²) in [6.45, 7) is 2.72. The molecule has 3 heterocycles. The van der Waals surface area contributed by atoms with E-state index in [4.69, 9.17) is 9.84 Å². The second kappa shape index (κ2) is 9.53. The number of pyridine rings is 1. The van der Waals surface area contributed by atoms with Crippen molar-refractivity contribution in [3.05, 3.63) is 60.6 Å². The lowest BCUT2D eigenvalue weighted by Gasteiger charge is -2.31. The first-order chi connectivity index (χ1) is 15.1. The fourth-order valence-corrected chi connectivity index (χ4v) is 3.47. The van der Waals surface area contributed by atoms with Gasteiger partial charge in [0.2, 0.25) is 11.9 Å². The summed E-state index contributed by atoms with van der Waals surface area (Å²) in [7, 11) is 0. The number of amides is 1. The summed E-state index contributed by atoms with van der Waals surface area (Å²) in [5, 5.41) is 12.1. The van der Waals surface area contributed by atoms with E-state index in [-0.39, 0.29) is 12.0 Å². The van der Waals surface area contributed by atoms with Crippen LogP contribution in [-0.2, 0) is 4.79 Å². The number of nitrogens with one attached hydrogen (secondary N) is 1. The highest BCUT2D eigenvalue weighted by molar-refractivity contribution is 5.77. The van der Waals surface area contributed by atoms with Crippen LogP contribution in [0.2, 0.25) is 0 Å². The number of hydrogen-bond donors (Lipinski definition) is 2. The SMILES string of the molecule is Cc1ccc(Nc2nccc(-c3ccc(OC4CCN(C(=O)CO)CC4)cc3)n2)cn1. The molecule has 1 amide bonds. The molecule has 2 N–H and O–H groups in total. The highest BCUT2D eigenvalue weighted by Gasteiger charge is 2.23. The molecule has 0 unspecified atom stereocenters. The Bertz CT molecular complexity index is 1020. The largest absolute Gasteiger partial charge is 0.490 e. The van der Waals surface area contributed by atoms with Crippen molar-refractivity contribution in [1.82, 2.24) is 19.9 Å². The van der Waals surface area contributed by atoms with Gasteiger partial charge >= 0.3 is 0 Å². The van der Waals surface area contributed by atoms with Crippen molar-refractivity contribution in [1.29, 1.82) is 0 Å². The Kier molecular flexibility index (Phi) is 6.37. The van der Waals surface area contributed by atoms with Gasteiger partial charge in [0, 0.05) is 43.4 Å². The minimum atomic E-state index is -0.435. The number of aliphatic hydroxyl groups is 1. The van der Waals surface area contributed by atoms with E-state index in [1.807, 2.05) is 49.4 Å². The van der Waals surface area contributed by atoms with Crippen LogP contribution in [0.5, 0.6) is 5.75 Å². The van der Waals surface area contributed by atoms with Crippen LogP contribution in [0.15, 0.2) is 54.9 Å². The van der Waals surface area contributed by atoms with Gasteiger partial charge in [-0.15, -0.1) is 0 Å². The zero-order chi connectivity index (χ0) is 21.6. The summed E-state index contributed by atoms with van der Waals surface area (Å²) < 4.78 is 6.07. The molecule has 0 spiro atoms. The van der Waals surface area contributed by atoms with Gasteiger partial charge in [0.25, 0.3) is 0 Å². The van der Waals surface area contributed by atoms with Crippen molar-refractivity contribution in [3.8, 4) is 17.0 Å². The third-order valence-corrected chi connectivity index (χ3v) is 5.21. The number of aryl methyl sites for hydroxylation is 1. The van der Waals surface area contributed by atoms with E-state index in [9.17, 15) is 4.79 Å². The van der Waals surface area contributed by atoms with E-state index in [1.54, 1.807) is 17.3 Å². The highest BCUT2D eigenvalue weighted by Crippen LogP contribution is 2.24. The number of benzene rings is 1. The summed E-state index contributed by atoms with van der Waals surface area (Å²) >= 11 is 0. The van der Waals surface area contributed by atoms with Crippen molar-refractivity contribution in [3.63, 3.8) is 0 Å². The second-order valence-corrected chi connectivity index (χ2v) is 7.46. The van der Waals surface area contributed by atoms with Crippen molar-refractivity contribution in [2.24, 2.45) is 0 Å². The molecular formula is C23H25N5O3. The molecule has 3 aromatic rings. The topological polar surface area (TPSA) is 100 Å². The van der Waals surface area contributed by atoms with Gasteiger partial charge in [-0.3, -0.25) is 9.78 Å². The maximum absolute atomic E-state index is 11.6. The first-order valence-electron chi connectivity index (χ1n) is 10.3. The van der Waals surface area contributed by atoms with Gasteiger partial charge in [-0.1, -0.05) is 0 Å². The number of hydrogen-bond acceptors (Lipinski definition) is 7. The second-order valence-electron chi connectivity index (χ2n) is 7.46. The number of piperidine rings is 1. The Labute approximate surface area is 180 Å². The standard InChI is InChI=1S/C23H25N5O3/c1-16-2-5-18(14-25-16)26-23-24-11-8-21(27-23)17-3-6-19(7-4-17)31-20-9-12-28(13-10-20)22(30)15-29/h2-8,11,14,20,29H,9-10,12-13,15H2,1H3,(H,24,26,27). The molecule has 160 valence electrons. The highest BCUT2D eigenvalue weighted by atomic mass is 16.5.